The molecule has 0 radical (unpaired) electrons. The van der Waals surface area contributed by atoms with Crippen LogP contribution in [0.1, 0.15) is 13.8 Å². The highest BCUT2D eigenvalue weighted by Crippen LogP contribution is 2.35. The summed E-state index contributed by atoms with van der Waals surface area (Å²) in [5.41, 5.74) is 0.0512. The molecule has 2 N–H and O–H groups in total. The van der Waals surface area contributed by atoms with Crippen LogP contribution in [-0.4, -0.2) is 44.4 Å². The predicted octanol–water partition coefficient (Wildman–Crippen LogP) is 4.31. The lowest BCUT2D eigenvalue weighted by atomic mass is 10.3. The molecule has 0 saturated heterocycles. The third-order valence-electron chi connectivity index (χ3n) is 2.93. The third-order valence-corrected chi connectivity index (χ3v) is 3.14. The molecule has 0 aliphatic carbocycles. The fourth-order valence-electron chi connectivity index (χ4n) is 1.89. The average Bonchev–Trinajstić information content (AvgIpc) is 2.49. The van der Waals surface area contributed by atoms with Crippen LogP contribution in [0, 0.1) is 0 Å². The van der Waals surface area contributed by atoms with Gasteiger partial charge in [0.15, 0.2) is 5.82 Å². The molecule has 2 heterocycles. The first kappa shape index (κ1) is 20.9. The van der Waals surface area contributed by atoms with Crippen LogP contribution < -0.4 is 10.6 Å². The first-order valence-corrected chi connectivity index (χ1v) is 7.79. The fourth-order valence-corrected chi connectivity index (χ4v) is 2.05. The maximum atomic E-state index is 12.8. The molecule has 0 saturated carbocycles. The van der Waals surface area contributed by atoms with E-state index in [-0.39, 0.29) is 28.7 Å². The monoisotopic (exact) mass is 414 g/mol. The van der Waals surface area contributed by atoms with Crippen LogP contribution >= 0.6 is 11.6 Å². The van der Waals surface area contributed by atoms with E-state index in [2.05, 4.69) is 25.3 Å². The van der Waals surface area contributed by atoms with Gasteiger partial charge in [-0.1, -0.05) is 17.7 Å². The van der Waals surface area contributed by atoms with Gasteiger partial charge in [0.2, 0.25) is 17.9 Å². The quantitative estimate of drug-likeness (QED) is 0.561. The SMILES string of the molecule is CC(C)Nc1nc(NC(C(F)(F)F)C(F)(F)F)nc(-c2cccc(Cl)n2)n1. The number of pyridine rings is 1. The Hall–Kier alpha value is -2.37. The molecule has 0 atom stereocenters. The first-order valence-electron chi connectivity index (χ1n) is 7.42. The summed E-state index contributed by atoms with van der Waals surface area (Å²) in [5, 5.41) is 4.03. The summed E-state index contributed by atoms with van der Waals surface area (Å²) in [6, 6.07) is 0.212. The minimum atomic E-state index is -5.61. The highest BCUT2D eigenvalue weighted by atomic mass is 35.5. The Kier molecular flexibility index (Phi) is 5.97. The summed E-state index contributed by atoms with van der Waals surface area (Å²) in [5.74, 6) is -1.38. The molecule has 0 aliphatic heterocycles. The lowest BCUT2D eigenvalue weighted by Crippen LogP contribution is -2.48. The van der Waals surface area contributed by atoms with E-state index in [0.717, 1.165) is 0 Å². The van der Waals surface area contributed by atoms with E-state index in [1.165, 1.54) is 23.5 Å². The van der Waals surface area contributed by atoms with E-state index < -0.39 is 24.3 Å². The minimum absolute atomic E-state index is 0.0456. The van der Waals surface area contributed by atoms with Crippen LogP contribution in [0.2, 0.25) is 5.15 Å². The zero-order valence-corrected chi connectivity index (χ0v) is 14.6. The zero-order valence-electron chi connectivity index (χ0n) is 13.8. The molecule has 6 nitrogen and oxygen atoms in total. The van der Waals surface area contributed by atoms with Crippen LogP contribution in [-0.2, 0) is 0 Å². The summed E-state index contributed by atoms with van der Waals surface area (Å²) in [6.07, 6.45) is -11.2. The number of hydrogen-bond donors (Lipinski definition) is 2. The number of alkyl halides is 6. The Morgan fingerprint density at radius 2 is 1.41 bits per heavy atom. The summed E-state index contributed by atoms with van der Waals surface area (Å²) in [6.45, 7) is 3.37. The van der Waals surface area contributed by atoms with E-state index in [9.17, 15) is 26.3 Å². The molecule has 0 aliphatic rings. The number of aromatic nitrogens is 4. The molecule has 2 rings (SSSR count). The number of rotatable bonds is 5. The number of anilines is 2. The topological polar surface area (TPSA) is 75.6 Å². The summed E-state index contributed by atoms with van der Waals surface area (Å²) < 4.78 is 76.7. The van der Waals surface area contributed by atoms with Gasteiger partial charge in [0.05, 0.1) is 0 Å². The Morgan fingerprint density at radius 3 is 1.89 bits per heavy atom. The second kappa shape index (κ2) is 7.71. The fraction of sp³-hybridized carbons (Fsp3) is 0.429. The van der Waals surface area contributed by atoms with Gasteiger partial charge < -0.3 is 10.6 Å². The van der Waals surface area contributed by atoms with Crippen LogP contribution in [0.3, 0.4) is 0 Å². The maximum Gasteiger partial charge on any atom is 0.417 e. The van der Waals surface area contributed by atoms with Crippen molar-refractivity contribution < 1.29 is 26.3 Å². The molecule has 13 heteroatoms. The van der Waals surface area contributed by atoms with Gasteiger partial charge in [-0.25, -0.2) is 4.98 Å². The molecule has 2 aromatic rings. The Labute approximate surface area is 154 Å². The van der Waals surface area contributed by atoms with E-state index in [1.54, 1.807) is 13.8 Å². The van der Waals surface area contributed by atoms with Crippen molar-refractivity contribution in [1.82, 2.24) is 19.9 Å². The van der Waals surface area contributed by atoms with Crippen molar-refractivity contribution >= 4 is 23.5 Å². The largest absolute Gasteiger partial charge is 0.417 e. The number of nitrogens with zero attached hydrogens (tertiary/aromatic N) is 4. The molecule has 27 heavy (non-hydrogen) atoms. The highest BCUT2D eigenvalue weighted by Gasteiger charge is 2.57. The Morgan fingerprint density at radius 1 is 0.852 bits per heavy atom. The molecule has 0 aromatic carbocycles. The van der Waals surface area contributed by atoms with E-state index >= 15 is 0 Å². The lowest BCUT2D eigenvalue weighted by molar-refractivity contribution is -0.242. The highest BCUT2D eigenvalue weighted by molar-refractivity contribution is 6.29. The van der Waals surface area contributed by atoms with Gasteiger partial charge in [-0.15, -0.1) is 0 Å². The van der Waals surface area contributed by atoms with E-state index in [1.807, 2.05) is 0 Å². The van der Waals surface area contributed by atoms with Crippen LogP contribution in [0.15, 0.2) is 18.2 Å². The van der Waals surface area contributed by atoms with Gasteiger partial charge in [-0.05, 0) is 26.0 Å². The van der Waals surface area contributed by atoms with Crippen molar-refractivity contribution in [3.05, 3.63) is 23.4 Å². The molecule has 0 bridgehead atoms. The van der Waals surface area contributed by atoms with Crippen LogP contribution in [0.4, 0.5) is 38.2 Å². The van der Waals surface area contributed by atoms with Gasteiger partial charge in [0.1, 0.15) is 10.8 Å². The smallest absolute Gasteiger partial charge is 0.352 e. The second-order valence-electron chi connectivity index (χ2n) is 5.61. The molecule has 0 spiro atoms. The summed E-state index contributed by atoms with van der Waals surface area (Å²) in [7, 11) is 0. The van der Waals surface area contributed by atoms with Crippen molar-refractivity contribution in [1.29, 1.82) is 0 Å². The molecular weight excluding hydrogens is 402 g/mol. The second-order valence-corrected chi connectivity index (χ2v) is 6.00. The number of halogens is 7. The van der Waals surface area contributed by atoms with Crippen molar-refractivity contribution in [3.63, 3.8) is 0 Å². The third kappa shape index (κ3) is 5.81. The van der Waals surface area contributed by atoms with Gasteiger partial charge >= 0.3 is 12.4 Å². The zero-order chi connectivity index (χ0) is 20.4. The molecule has 0 unspecified atom stereocenters. The summed E-state index contributed by atoms with van der Waals surface area (Å²) in [4.78, 5) is 15.1. The van der Waals surface area contributed by atoms with Crippen LogP contribution in [0.25, 0.3) is 11.5 Å². The maximum absolute atomic E-state index is 12.8. The van der Waals surface area contributed by atoms with Crippen molar-refractivity contribution in [2.24, 2.45) is 0 Å². The first-order chi connectivity index (χ1) is 12.4. The van der Waals surface area contributed by atoms with Gasteiger partial charge in [-0.2, -0.15) is 41.3 Å². The van der Waals surface area contributed by atoms with E-state index in [4.69, 9.17) is 11.6 Å². The molecule has 148 valence electrons. The lowest BCUT2D eigenvalue weighted by Gasteiger charge is -2.24. The molecular formula is C14H13ClF6N6. The minimum Gasteiger partial charge on any atom is -0.352 e. The summed E-state index contributed by atoms with van der Waals surface area (Å²) >= 11 is 5.75. The predicted molar refractivity (Wildman–Crippen MR) is 86.3 cm³/mol. The average molecular weight is 415 g/mol. The van der Waals surface area contributed by atoms with Crippen molar-refractivity contribution in [2.45, 2.75) is 38.3 Å². The molecule has 0 amide bonds. The number of nitrogens with one attached hydrogen (secondary N) is 2. The standard InChI is InChI=1S/C14H13ClF6N6/c1-6(2)22-11-24-9(7-4-3-5-8(15)23-7)25-12(27-11)26-10(13(16,17)18)14(19,20)21/h3-6,10H,1-2H3,(H2,22,24,25,26,27). The van der Waals surface area contributed by atoms with Crippen LogP contribution in [0.5, 0.6) is 0 Å². The number of hydrogen-bond acceptors (Lipinski definition) is 6. The van der Waals surface area contributed by atoms with Gasteiger partial charge in [0, 0.05) is 6.04 Å². The molecule has 0 fully saturated rings. The van der Waals surface area contributed by atoms with Gasteiger partial charge in [-0.3, -0.25) is 0 Å². The van der Waals surface area contributed by atoms with Crippen molar-refractivity contribution in [3.8, 4) is 11.5 Å². The molecule has 2 aromatic heterocycles. The normalized spacial score (nSPS) is 12.6. The van der Waals surface area contributed by atoms with E-state index in [0.29, 0.717) is 0 Å². The van der Waals surface area contributed by atoms with Gasteiger partial charge in [0.25, 0.3) is 0 Å². The Balaban J connectivity index is 2.50. The van der Waals surface area contributed by atoms with Crippen molar-refractivity contribution in [2.75, 3.05) is 10.6 Å². The Bertz CT molecular complexity index is 780.